The molecule has 0 radical (unpaired) electrons. The largest absolute Gasteiger partial charge is 0.334 e. The van der Waals surface area contributed by atoms with Crippen LogP contribution in [0.2, 0.25) is 10.0 Å². The van der Waals surface area contributed by atoms with E-state index in [4.69, 9.17) is 23.2 Å². The zero-order chi connectivity index (χ0) is 14.5. The first-order valence-corrected chi connectivity index (χ1v) is 7.33. The number of amides is 2. The number of nitrogens with one attached hydrogen (secondary N) is 2. The maximum absolute atomic E-state index is 11.8. The predicted molar refractivity (Wildman–Crippen MR) is 86.5 cm³/mol. The minimum atomic E-state index is -0.314. The van der Waals surface area contributed by atoms with Gasteiger partial charge in [-0.1, -0.05) is 51.3 Å². The topological polar surface area (TPSA) is 41.1 Å². The fraction of sp³-hybridized carbons (Fsp3) is 0.0714. The van der Waals surface area contributed by atoms with E-state index in [0.29, 0.717) is 22.3 Å². The summed E-state index contributed by atoms with van der Waals surface area (Å²) in [4.78, 5) is 11.8. The van der Waals surface area contributed by atoms with Gasteiger partial charge < -0.3 is 10.6 Å². The molecule has 0 aromatic heterocycles. The van der Waals surface area contributed by atoms with Crippen molar-refractivity contribution in [3.05, 3.63) is 62.5 Å². The zero-order valence-electron chi connectivity index (χ0n) is 10.3. The Morgan fingerprint density at radius 3 is 2.25 bits per heavy atom. The summed E-state index contributed by atoms with van der Waals surface area (Å²) in [7, 11) is 0. The standard InChI is InChI=1S/C14H11BrCl2N2O/c15-10-3-1-9(2-4-10)8-18-14(20)19-13-6-11(16)5-12(17)7-13/h1-7H,8H2,(H2,18,19,20). The Labute approximate surface area is 135 Å². The van der Waals surface area contributed by atoms with Crippen LogP contribution >= 0.6 is 39.1 Å². The van der Waals surface area contributed by atoms with Gasteiger partial charge in [-0.25, -0.2) is 4.79 Å². The van der Waals surface area contributed by atoms with Crippen LogP contribution in [-0.4, -0.2) is 6.03 Å². The molecule has 20 heavy (non-hydrogen) atoms. The summed E-state index contributed by atoms with van der Waals surface area (Å²) in [6.07, 6.45) is 0. The van der Waals surface area contributed by atoms with Crippen LogP contribution in [0.4, 0.5) is 10.5 Å². The summed E-state index contributed by atoms with van der Waals surface area (Å²) < 4.78 is 0.999. The van der Waals surface area contributed by atoms with Crippen LogP contribution in [0.1, 0.15) is 5.56 Å². The summed E-state index contributed by atoms with van der Waals surface area (Å²) in [6.45, 7) is 0.438. The second kappa shape index (κ2) is 6.97. The Hall–Kier alpha value is -1.23. The van der Waals surface area contributed by atoms with Crippen LogP contribution in [-0.2, 0) is 6.54 Å². The molecule has 0 saturated heterocycles. The van der Waals surface area contributed by atoms with Crippen molar-refractivity contribution in [1.29, 1.82) is 0 Å². The summed E-state index contributed by atoms with van der Waals surface area (Å²) in [6, 6.07) is 12.3. The number of anilines is 1. The van der Waals surface area contributed by atoms with E-state index < -0.39 is 0 Å². The van der Waals surface area contributed by atoms with Gasteiger partial charge in [0, 0.05) is 26.8 Å². The van der Waals surface area contributed by atoms with Gasteiger partial charge in [0.25, 0.3) is 0 Å². The lowest BCUT2D eigenvalue weighted by Crippen LogP contribution is -2.28. The average molecular weight is 374 g/mol. The molecule has 0 saturated carbocycles. The third-order valence-corrected chi connectivity index (χ3v) is 3.45. The minimum Gasteiger partial charge on any atom is -0.334 e. The van der Waals surface area contributed by atoms with Crippen LogP contribution in [0, 0.1) is 0 Å². The van der Waals surface area contributed by atoms with Crippen LogP contribution in [0.15, 0.2) is 46.9 Å². The molecule has 2 amide bonds. The molecule has 0 aliphatic rings. The van der Waals surface area contributed by atoms with Crippen LogP contribution < -0.4 is 10.6 Å². The Morgan fingerprint density at radius 1 is 1.05 bits per heavy atom. The molecular weight excluding hydrogens is 363 g/mol. The van der Waals surface area contributed by atoms with Crippen molar-refractivity contribution in [2.45, 2.75) is 6.54 Å². The Bertz CT molecular complexity index is 597. The molecule has 3 nitrogen and oxygen atoms in total. The molecule has 104 valence electrons. The highest BCUT2D eigenvalue weighted by molar-refractivity contribution is 9.10. The van der Waals surface area contributed by atoms with Gasteiger partial charge in [0.05, 0.1) is 0 Å². The maximum atomic E-state index is 11.8. The van der Waals surface area contributed by atoms with Crippen molar-refractivity contribution in [2.24, 2.45) is 0 Å². The summed E-state index contributed by atoms with van der Waals surface area (Å²) in [5.74, 6) is 0. The quantitative estimate of drug-likeness (QED) is 0.773. The number of urea groups is 1. The fourth-order valence-corrected chi connectivity index (χ4v) is 2.38. The van der Waals surface area contributed by atoms with Crippen molar-refractivity contribution < 1.29 is 4.79 Å². The third kappa shape index (κ3) is 4.71. The van der Waals surface area contributed by atoms with Gasteiger partial charge in [-0.2, -0.15) is 0 Å². The molecule has 0 unspecified atom stereocenters. The molecule has 0 heterocycles. The second-order valence-corrected chi connectivity index (χ2v) is 5.88. The number of halogens is 3. The highest BCUT2D eigenvalue weighted by Gasteiger charge is 2.04. The van der Waals surface area contributed by atoms with E-state index in [1.54, 1.807) is 18.2 Å². The van der Waals surface area contributed by atoms with E-state index in [0.717, 1.165) is 10.0 Å². The zero-order valence-corrected chi connectivity index (χ0v) is 13.4. The van der Waals surface area contributed by atoms with Gasteiger partial charge in [-0.15, -0.1) is 0 Å². The van der Waals surface area contributed by atoms with Gasteiger partial charge in [-0.3, -0.25) is 0 Å². The van der Waals surface area contributed by atoms with Crippen molar-refractivity contribution in [3.63, 3.8) is 0 Å². The lowest BCUT2D eigenvalue weighted by Gasteiger charge is -2.08. The van der Waals surface area contributed by atoms with E-state index in [-0.39, 0.29) is 6.03 Å². The Balaban J connectivity index is 1.90. The monoisotopic (exact) mass is 372 g/mol. The number of hydrogen-bond acceptors (Lipinski definition) is 1. The fourth-order valence-electron chi connectivity index (χ4n) is 1.59. The van der Waals surface area contributed by atoms with Gasteiger partial charge in [0.1, 0.15) is 0 Å². The van der Waals surface area contributed by atoms with Crippen molar-refractivity contribution in [2.75, 3.05) is 5.32 Å². The molecule has 2 rings (SSSR count). The number of rotatable bonds is 3. The van der Waals surface area contributed by atoms with Crippen LogP contribution in [0.25, 0.3) is 0 Å². The third-order valence-electron chi connectivity index (χ3n) is 2.49. The minimum absolute atomic E-state index is 0.314. The smallest absolute Gasteiger partial charge is 0.319 e. The highest BCUT2D eigenvalue weighted by atomic mass is 79.9. The molecule has 0 aliphatic carbocycles. The Kier molecular flexibility index (Phi) is 5.29. The van der Waals surface area contributed by atoms with E-state index >= 15 is 0 Å². The summed E-state index contributed by atoms with van der Waals surface area (Å²) in [5, 5.41) is 6.38. The molecule has 0 spiro atoms. The van der Waals surface area contributed by atoms with Crippen molar-refractivity contribution >= 4 is 50.9 Å². The predicted octanol–water partition coefficient (Wildman–Crippen LogP) is 5.08. The second-order valence-electron chi connectivity index (χ2n) is 4.09. The first-order valence-electron chi connectivity index (χ1n) is 5.78. The SMILES string of the molecule is O=C(NCc1ccc(Br)cc1)Nc1cc(Cl)cc(Cl)c1. The molecule has 2 N–H and O–H groups in total. The molecule has 2 aromatic rings. The first kappa shape index (κ1) is 15.2. The molecule has 0 bridgehead atoms. The highest BCUT2D eigenvalue weighted by Crippen LogP contribution is 2.22. The van der Waals surface area contributed by atoms with Gasteiger partial charge in [-0.05, 0) is 35.9 Å². The lowest BCUT2D eigenvalue weighted by atomic mass is 10.2. The Morgan fingerprint density at radius 2 is 1.65 bits per heavy atom. The van der Waals surface area contributed by atoms with Gasteiger partial charge >= 0.3 is 6.03 Å². The van der Waals surface area contributed by atoms with Crippen LogP contribution in [0.3, 0.4) is 0 Å². The maximum Gasteiger partial charge on any atom is 0.319 e. The number of hydrogen-bond donors (Lipinski definition) is 2. The molecule has 6 heteroatoms. The average Bonchev–Trinajstić information content (AvgIpc) is 2.37. The first-order chi connectivity index (χ1) is 9.52. The summed E-state index contributed by atoms with van der Waals surface area (Å²) >= 11 is 15.1. The van der Waals surface area contributed by atoms with Gasteiger partial charge in [0.15, 0.2) is 0 Å². The van der Waals surface area contributed by atoms with E-state index in [2.05, 4.69) is 26.6 Å². The molecule has 0 atom stereocenters. The number of carbonyl (C=O) groups excluding carboxylic acids is 1. The van der Waals surface area contributed by atoms with E-state index in [9.17, 15) is 4.79 Å². The molecule has 2 aromatic carbocycles. The molecular formula is C14H11BrCl2N2O. The molecule has 0 aliphatic heterocycles. The summed E-state index contributed by atoms with van der Waals surface area (Å²) in [5.41, 5.74) is 1.56. The lowest BCUT2D eigenvalue weighted by molar-refractivity contribution is 0.251. The van der Waals surface area contributed by atoms with Crippen molar-refractivity contribution in [1.82, 2.24) is 5.32 Å². The van der Waals surface area contributed by atoms with E-state index in [1.807, 2.05) is 24.3 Å². The van der Waals surface area contributed by atoms with E-state index in [1.165, 1.54) is 0 Å². The number of benzene rings is 2. The van der Waals surface area contributed by atoms with Gasteiger partial charge in [0.2, 0.25) is 0 Å². The number of carbonyl (C=O) groups is 1. The van der Waals surface area contributed by atoms with Crippen LogP contribution in [0.5, 0.6) is 0 Å². The normalized spacial score (nSPS) is 10.2. The van der Waals surface area contributed by atoms with Crippen molar-refractivity contribution in [3.8, 4) is 0 Å². The molecule has 0 fully saturated rings.